The Morgan fingerprint density at radius 1 is 1.09 bits per heavy atom. The van der Waals surface area contributed by atoms with Crippen molar-refractivity contribution in [1.82, 2.24) is 4.57 Å². The molecule has 3 heteroatoms. The molecular formula is C19H23N3. The Balaban J connectivity index is 0.000000847. The molecule has 22 heavy (non-hydrogen) atoms. The van der Waals surface area contributed by atoms with Crippen molar-refractivity contribution in [1.29, 1.82) is 5.41 Å². The topological polar surface area (TPSA) is 54.8 Å². The van der Waals surface area contributed by atoms with Gasteiger partial charge in [-0.05, 0) is 42.3 Å². The van der Waals surface area contributed by atoms with E-state index >= 15 is 0 Å². The lowest BCUT2D eigenvalue weighted by Crippen LogP contribution is -2.10. The van der Waals surface area contributed by atoms with Gasteiger partial charge >= 0.3 is 0 Å². The predicted molar refractivity (Wildman–Crippen MR) is 94.6 cm³/mol. The van der Waals surface area contributed by atoms with Gasteiger partial charge in [0.25, 0.3) is 0 Å². The smallest absolute Gasteiger partial charge is 0.122 e. The van der Waals surface area contributed by atoms with Gasteiger partial charge in [-0.2, -0.15) is 0 Å². The first-order valence-corrected chi connectivity index (χ1v) is 7.63. The van der Waals surface area contributed by atoms with Crippen molar-refractivity contribution in [3.8, 4) is 0 Å². The number of hydrogen-bond acceptors (Lipinski definition) is 1. The maximum absolute atomic E-state index is 7.50. The molecule has 0 atom stereocenters. The lowest BCUT2D eigenvalue weighted by Gasteiger charge is -2.09. The number of aryl methyl sites for hydroxylation is 1. The first-order valence-electron chi connectivity index (χ1n) is 7.63. The highest BCUT2D eigenvalue weighted by molar-refractivity contribution is 5.98. The van der Waals surface area contributed by atoms with Crippen LogP contribution in [-0.4, -0.2) is 10.4 Å². The molecule has 0 saturated carbocycles. The zero-order chi connectivity index (χ0) is 16.1. The minimum Gasteiger partial charge on any atom is -0.384 e. The number of amidine groups is 1. The van der Waals surface area contributed by atoms with Crippen LogP contribution in [0.25, 0.3) is 10.9 Å². The van der Waals surface area contributed by atoms with Gasteiger partial charge in [-0.25, -0.2) is 0 Å². The maximum atomic E-state index is 7.50. The van der Waals surface area contributed by atoms with Gasteiger partial charge in [0.05, 0.1) is 0 Å². The van der Waals surface area contributed by atoms with Gasteiger partial charge < -0.3 is 10.3 Å². The summed E-state index contributed by atoms with van der Waals surface area (Å²) >= 11 is 0. The molecule has 3 N–H and O–H groups in total. The van der Waals surface area contributed by atoms with Crippen LogP contribution in [0.4, 0.5) is 0 Å². The van der Waals surface area contributed by atoms with E-state index in [0.29, 0.717) is 0 Å². The van der Waals surface area contributed by atoms with E-state index in [9.17, 15) is 0 Å². The largest absolute Gasteiger partial charge is 0.384 e. The molecule has 1 aromatic heterocycles. The van der Waals surface area contributed by atoms with Gasteiger partial charge in [0, 0.05) is 29.2 Å². The molecule has 0 aliphatic heterocycles. The number of nitrogen functional groups attached to an aromatic ring is 1. The van der Waals surface area contributed by atoms with Gasteiger partial charge in [0.2, 0.25) is 0 Å². The molecule has 2 aromatic carbocycles. The number of aromatic nitrogens is 1. The monoisotopic (exact) mass is 293 g/mol. The molecule has 0 radical (unpaired) electrons. The molecule has 1 heterocycles. The third kappa shape index (κ3) is 3.19. The Morgan fingerprint density at radius 3 is 2.50 bits per heavy atom. The van der Waals surface area contributed by atoms with Crippen molar-refractivity contribution in [2.24, 2.45) is 5.73 Å². The minimum absolute atomic E-state index is 0.110. The summed E-state index contributed by atoms with van der Waals surface area (Å²) in [7, 11) is 0. The van der Waals surface area contributed by atoms with E-state index in [1.807, 2.05) is 32.0 Å². The van der Waals surface area contributed by atoms with Gasteiger partial charge in [-0.1, -0.05) is 38.1 Å². The van der Waals surface area contributed by atoms with Crippen LogP contribution in [0.2, 0.25) is 0 Å². The van der Waals surface area contributed by atoms with Crippen molar-refractivity contribution in [3.05, 3.63) is 71.4 Å². The molecule has 0 amide bonds. The zero-order valence-corrected chi connectivity index (χ0v) is 13.4. The summed E-state index contributed by atoms with van der Waals surface area (Å²) in [6, 6.07) is 16.4. The van der Waals surface area contributed by atoms with Crippen molar-refractivity contribution in [3.63, 3.8) is 0 Å². The summed E-state index contributed by atoms with van der Waals surface area (Å²) in [5.41, 5.74) is 10.1. The highest BCUT2D eigenvalue weighted by Gasteiger charge is 2.05. The molecule has 0 bridgehead atoms. The number of nitrogens with one attached hydrogen (secondary N) is 1. The second-order valence-electron chi connectivity index (χ2n) is 5.06. The van der Waals surface area contributed by atoms with Crippen LogP contribution in [-0.2, 0) is 6.54 Å². The summed E-state index contributed by atoms with van der Waals surface area (Å²) in [6.07, 6.45) is 2.08. The van der Waals surface area contributed by atoms with Gasteiger partial charge in [-0.3, -0.25) is 5.41 Å². The number of fused-ring (bicyclic) bond motifs is 1. The Labute approximate surface area is 131 Å². The standard InChI is InChI=1S/C17H17N3.C2H6/c1-12-4-2-3-5-15(12)11-20-9-8-13-10-14(17(18)19)6-7-16(13)20;1-2/h2-10H,11H2,1H3,(H3,18,19);1-2H3. The van der Waals surface area contributed by atoms with Crippen molar-refractivity contribution < 1.29 is 0 Å². The molecule has 3 aromatic rings. The van der Waals surface area contributed by atoms with E-state index in [1.54, 1.807) is 0 Å². The Bertz CT molecular complexity index is 784. The molecule has 3 rings (SSSR count). The average Bonchev–Trinajstić information content (AvgIpc) is 2.94. The number of hydrogen-bond donors (Lipinski definition) is 2. The molecule has 0 spiro atoms. The van der Waals surface area contributed by atoms with Crippen LogP contribution in [0.5, 0.6) is 0 Å². The van der Waals surface area contributed by atoms with E-state index in [-0.39, 0.29) is 5.84 Å². The van der Waals surface area contributed by atoms with E-state index in [1.165, 1.54) is 16.6 Å². The van der Waals surface area contributed by atoms with Crippen LogP contribution < -0.4 is 5.73 Å². The summed E-state index contributed by atoms with van der Waals surface area (Å²) in [6.45, 7) is 6.99. The van der Waals surface area contributed by atoms with Crippen LogP contribution in [0, 0.1) is 12.3 Å². The molecule has 0 saturated heterocycles. The van der Waals surface area contributed by atoms with Crippen molar-refractivity contribution in [2.75, 3.05) is 0 Å². The quantitative estimate of drug-likeness (QED) is 0.549. The fourth-order valence-electron chi connectivity index (χ4n) is 2.48. The lowest BCUT2D eigenvalue weighted by atomic mass is 10.1. The Morgan fingerprint density at radius 2 is 1.82 bits per heavy atom. The van der Waals surface area contributed by atoms with E-state index < -0.39 is 0 Å². The third-order valence-corrected chi connectivity index (χ3v) is 3.68. The summed E-state index contributed by atoms with van der Waals surface area (Å²) in [5, 5.41) is 8.61. The predicted octanol–water partition coefficient (Wildman–Crippen LogP) is 4.31. The van der Waals surface area contributed by atoms with Gasteiger partial charge in [0.15, 0.2) is 0 Å². The van der Waals surface area contributed by atoms with Crippen LogP contribution in [0.15, 0.2) is 54.7 Å². The summed E-state index contributed by atoms with van der Waals surface area (Å²) < 4.78 is 2.22. The second-order valence-corrected chi connectivity index (χ2v) is 5.06. The number of rotatable bonds is 3. The van der Waals surface area contributed by atoms with E-state index in [2.05, 4.69) is 48.0 Å². The summed E-state index contributed by atoms with van der Waals surface area (Å²) in [4.78, 5) is 0. The molecular weight excluding hydrogens is 270 g/mol. The van der Waals surface area contributed by atoms with E-state index in [4.69, 9.17) is 11.1 Å². The molecule has 0 unspecified atom stereocenters. The number of benzene rings is 2. The highest BCUT2D eigenvalue weighted by Crippen LogP contribution is 2.20. The first kappa shape index (κ1) is 15.8. The van der Waals surface area contributed by atoms with E-state index in [0.717, 1.165) is 17.5 Å². The zero-order valence-electron chi connectivity index (χ0n) is 13.4. The Kier molecular flexibility index (Phi) is 4.99. The SMILES string of the molecule is CC.Cc1ccccc1Cn1ccc2cc(C(=N)N)ccc21. The molecule has 114 valence electrons. The minimum atomic E-state index is 0.110. The maximum Gasteiger partial charge on any atom is 0.122 e. The van der Waals surface area contributed by atoms with Crippen molar-refractivity contribution in [2.45, 2.75) is 27.3 Å². The normalized spacial score (nSPS) is 10.1. The van der Waals surface area contributed by atoms with Crippen LogP contribution >= 0.6 is 0 Å². The van der Waals surface area contributed by atoms with Gasteiger partial charge in [0.1, 0.15) is 5.84 Å². The highest BCUT2D eigenvalue weighted by atomic mass is 14.9. The van der Waals surface area contributed by atoms with Crippen LogP contribution in [0.1, 0.15) is 30.5 Å². The average molecular weight is 293 g/mol. The number of nitrogens with two attached hydrogens (primary N) is 1. The molecule has 0 aliphatic rings. The molecule has 3 nitrogen and oxygen atoms in total. The van der Waals surface area contributed by atoms with Crippen LogP contribution in [0.3, 0.4) is 0 Å². The fraction of sp³-hybridized carbons (Fsp3) is 0.211. The first-order chi connectivity index (χ1) is 10.6. The third-order valence-electron chi connectivity index (χ3n) is 3.68. The lowest BCUT2D eigenvalue weighted by molar-refractivity contribution is 0.830. The molecule has 0 fully saturated rings. The van der Waals surface area contributed by atoms with Gasteiger partial charge in [-0.15, -0.1) is 0 Å². The second kappa shape index (κ2) is 6.94. The Hall–Kier alpha value is -2.55. The molecule has 0 aliphatic carbocycles. The number of nitrogens with zero attached hydrogens (tertiary/aromatic N) is 1. The van der Waals surface area contributed by atoms with Crippen molar-refractivity contribution >= 4 is 16.7 Å². The summed E-state index contributed by atoms with van der Waals surface area (Å²) in [5.74, 6) is 0.110. The fourth-order valence-corrected chi connectivity index (χ4v) is 2.48.